The smallest absolute Gasteiger partial charge is 0.339 e. The topological polar surface area (TPSA) is 92.4 Å². The van der Waals surface area contributed by atoms with Gasteiger partial charge in [0.15, 0.2) is 0 Å². The molecule has 8 heteroatoms. The first-order valence-electron chi connectivity index (χ1n) is 5.36. The van der Waals surface area contributed by atoms with Crippen LogP contribution in [0.2, 0.25) is 10.0 Å². The monoisotopic (exact) mass is 314 g/mol. The fourth-order valence-electron chi connectivity index (χ4n) is 1.53. The Labute approximate surface area is 123 Å². The van der Waals surface area contributed by atoms with Gasteiger partial charge < -0.3 is 14.9 Å². The molecular formula is C12H8Cl2N2O4. The molecule has 0 saturated carbocycles. The molecule has 1 aromatic carbocycles. The predicted molar refractivity (Wildman–Crippen MR) is 72.6 cm³/mol. The summed E-state index contributed by atoms with van der Waals surface area (Å²) in [5.41, 5.74) is 0.139. The van der Waals surface area contributed by atoms with Crippen LogP contribution in [0.4, 0.5) is 5.69 Å². The lowest BCUT2D eigenvalue weighted by Gasteiger charge is -2.10. The van der Waals surface area contributed by atoms with Crippen molar-refractivity contribution < 1.29 is 19.2 Å². The number of carboxylic acid groups (broad SMARTS) is 1. The van der Waals surface area contributed by atoms with Crippen LogP contribution in [0.25, 0.3) is 0 Å². The van der Waals surface area contributed by atoms with Gasteiger partial charge in [-0.2, -0.15) is 0 Å². The average molecular weight is 315 g/mol. The molecule has 0 aliphatic heterocycles. The van der Waals surface area contributed by atoms with Crippen molar-refractivity contribution in [2.45, 2.75) is 6.92 Å². The first-order valence-corrected chi connectivity index (χ1v) is 6.11. The number of hydrogen-bond donors (Lipinski definition) is 2. The Bertz CT molecular complexity index is 697. The number of benzene rings is 1. The fraction of sp³-hybridized carbons (Fsp3) is 0.0833. The molecule has 0 atom stereocenters. The summed E-state index contributed by atoms with van der Waals surface area (Å²) < 4.78 is 4.78. The Morgan fingerprint density at radius 1 is 1.30 bits per heavy atom. The largest absolute Gasteiger partial charge is 0.478 e. The zero-order valence-corrected chi connectivity index (χ0v) is 11.6. The predicted octanol–water partition coefficient (Wildman–Crippen LogP) is 3.24. The quantitative estimate of drug-likeness (QED) is 0.907. The van der Waals surface area contributed by atoms with Crippen LogP contribution < -0.4 is 5.32 Å². The van der Waals surface area contributed by atoms with Crippen LogP contribution in [0.3, 0.4) is 0 Å². The zero-order chi connectivity index (χ0) is 14.9. The molecule has 2 N–H and O–H groups in total. The number of aromatic carboxylic acids is 1. The minimum Gasteiger partial charge on any atom is -0.478 e. The number of hydrogen-bond acceptors (Lipinski definition) is 4. The van der Waals surface area contributed by atoms with Crippen LogP contribution >= 0.6 is 23.2 Å². The summed E-state index contributed by atoms with van der Waals surface area (Å²) in [5.74, 6) is -2.03. The van der Waals surface area contributed by atoms with Gasteiger partial charge in [-0.25, -0.2) is 4.79 Å². The van der Waals surface area contributed by atoms with Crippen LogP contribution in [0, 0.1) is 6.92 Å². The Kier molecular flexibility index (Phi) is 3.96. The normalized spacial score (nSPS) is 10.3. The minimum atomic E-state index is -1.30. The number of aromatic nitrogens is 1. The molecule has 104 valence electrons. The van der Waals surface area contributed by atoms with E-state index in [9.17, 15) is 9.59 Å². The third-order valence-corrected chi connectivity index (χ3v) is 3.04. The Balaban J connectivity index is 2.41. The third kappa shape index (κ3) is 2.76. The summed E-state index contributed by atoms with van der Waals surface area (Å²) in [6.07, 6.45) is 0. The van der Waals surface area contributed by atoms with Crippen LogP contribution in [-0.4, -0.2) is 22.1 Å². The fourth-order valence-corrected chi connectivity index (χ4v) is 1.97. The summed E-state index contributed by atoms with van der Waals surface area (Å²) in [6.45, 7) is 1.65. The molecular weight excluding hydrogens is 307 g/mol. The molecule has 0 unspecified atom stereocenters. The molecule has 0 saturated heterocycles. The Morgan fingerprint density at radius 2 is 1.95 bits per heavy atom. The van der Waals surface area contributed by atoms with Crippen molar-refractivity contribution in [3.8, 4) is 0 Å². The molecule has 6 nitrogen and oxygen atoms in total. The van der Waals surface area contributed by atoms with E-state index in [-0.39, 0.29) is 27.1 Å². The number of nitrogens with zero attached hydrogens (tertiary/aromatic N) is 1. The highest BCUT2D eigenvalue weighted by Crippen LogP contribution is 2.32. The molecule has 1 heterocycles. The lowest BCUT2D eigenvalue weighted by Crippen LogP contribution is -2.15. The average Bonchev–Trinajstić information content (AvgIpc) is 2.80. The van der Waals surface area contributed by atoms with Gasteiger partial charge in [0, 0.05) is 6.07 Å². The van der Waals surface area contributed by atoms with E-state index in [0.717, 1.165) is 0 Å². The van der Waals surface area contributed by atoms with Crippen molar-refractivity contribution in [3.63, 3.8) is 0 Å². The van der Waals surface area contributed by atoms with E-state index in [1.165, 1.54) is 18.2 Å². The molecule has 0 fully saturated rings. The van der Waals surface area contributed by atoms with Crippen LogP contribution in [0.1, 0.15) is 26.6 Å². The van der Waals surface area contributed by atoms with Crippen LogP contribution in [0.5, 0.6) is 0 Å². The van der Waals surface area contributed by atoms with Crippen molar-refractivity contribution in [1.29, 1.82) is 0 Å². The third-order valence-electron chi connectivity index (χ3n) is 2.41. The Hall–Kier alpha value is -2.05. The number of aryl methyl sites for hydroxylation is 1. The molecule has 0 aliphatic rings. The van der Waals surface area contributed by atoms with Crippen LogP contribution in [0.15, 0.2) is 22.7 Å². The molecule has 0 radical (unpaired) electrons. The van der Waals surface area contributed by atoms with Gasteiger partial charge in [-0.1, -0.05) is 28.4 Å². The summed E-state index contributed by atoms with van der Waals surface area (Å²) in [4.78, 5) is 23.1. The van der Waals surface area contributed by atoms with Crippen molar-refractivity contribution >= 4 is 40.8 Å². The highest BCUT2D eigenvalue weighted by molar-refractivity contribution is 6.38. The first-order chi connectivity index (χ1) is 9.40. The molecule has 0 aliphatic carbocycles. The van der Waals surface area contributed by atoms with E-state index in [1.807, 2.05) is 0 Å². The van der Waals surface area contributed by atoms with E-state index in [1.54, 1.807) is 6.92 Å². The second kappa shape index (κ2) is 5.52. The van der Waals surface area contributed by atoms with Gasteiger partial charge in [0.05, 0.1) is 21.4 Å². The molecule has 1 amide bonds. The van der Waals surface area contributed by atoms with Crippen molar-refractivity contribution in [2.75, 3.05) is 5.32 Å². The number of anilines is 1. The maximum absolute atomic E-state index is 11.9. The van der Waals surface area contributed by atoms with Gasteiger partial charge in [-0.3, -0.25) is 4.79 Å². The summed E-state index contributed by atoms with van der Waals surface area (Å²) in [6, 6.07) is 4.13. The van der Waals surface area contributed by atoms with Gasteiger partial charge >= 0.3 is 5.97 Å². The molecule has 2 aromatic rings. The summed E-state index contributed by atoms with van der Waals surface area (Å²) in [5, 5.41) is 15.1. The van der Waals surface area contributed by atoms with Crippen molar-refractivity contribution in [1.82, 2.24) is 5.16 Å². The highest BCUT2D eigenvalue weighted by atomic mass is 35.5. The van der Waals surface area contributed by atoms with Gasteiger partial charge in [-0.05, 0) is 19.1 Å². The molecule has 2 rings (SSSR count). The molecule has 0 spiro atoms. The maximum Gasteiger partial charge on any atom is 0.339 e. The second-order valence-electron chi connectivity index (χ2n) is 3.87. The van der Waals surface area contributed by atoms with Crippen molar-refractivity contribution in [2.24, 2.45) is 0 Å². The van der Waals surface area contributed by atoms with Gasteiger partial charge in [0.1, 0.15) is 5.56 Å². The van der Waals surface area contributed by atoms with Gasteiger partial charge in [-0.15, -0.1) is 0 Å². The van der Waals surface area contributed by atoms with Crippen molar-refractivity contribution in [3.05, 3.63) is 45.3 Å². The Morgan fingerprint density at radius 3 is 2.50 bits per heavy atom. The number of amides is 1. The van der Waals surface area contributed by atoms with Crippen LogP contribution in [-0.2, 0) is 0 Å². The van der Waals surface area contributed by atoms with E-state index in [2.05, 4.69) is 10.5 Å². The number of carboxylic acids is 1. The van der Waals surface area contributed by atoms with Gasteiger partial charge in [0.2, 0.25) is 5.76 Å². The minimum absolute atomic E-state index is 0.0362. The summed E-state index contributed by atoms with van der Waals surface area (Å²) >= 11 is 11.7. The van der Waals surface area contributed by atoms with E-state index in [0.29, 0.717) is 5.69 Å². The number of carbonyl (C=O) groups is 2. The number of nitrogens with one attached hydrogen (secondary N) is 1. The SMILES string of the molecule is Cc1cc(C(=O)Nc2c(Cl)ccc(Cl)c2C(=O)O)on1. The lowest BCUT2D eigenvalue weighted by atomic mass is 10.1. The number of rotatable bonds is 3. The van der Waals surface area contributed by atoms with E-state index < -0.39 is 11.9 Å². The van der Waals surface area contributed by atoms with E-state index in [4.69, 9.17) is 32.8 Å². The lowest BCUT2D eigenvalue weighted by molar-refractivity contribution is 0.0698. The molecule has 20 heavy (non-hydrogen) atoms. The standard InChI is InChI=1S/C12H8Cl2N2O4/c1-5-4-8(20-16-5)11(17)15-10-7(14)3-2-6(13)9(10)12(18)19/h2-4H,1H3,(H,15,17)(H,18,19). The number of carbonyl (C=O) groups excluding carboxylic acids is 1. The van der Waals surface area contributed by atoms with Gasteiger partial charge in [0.25, 0.3) is 5.91 Å². The summed E-state index contributed by atoms with van der Waals surface area (Å²) in [7, 11) is 0. The molecule has 1 aromatic heterocycles. The number of halogens is 2. The van der Waals surface area contributed by atoms with E-state index >= 15 is 0 Å². The highest BCUT2D eigenvalue weighted by Gasteiger charge is 2.21. The molecule has 0 bridgehead atoms. The zero-order valence-electron chi connectivity index (χ0n) is 10.1. The first kappa shape index (κ1) is 14.4. The second-order valence-corrected chi connectivity index (χ2v) is 4.69. The maximum atomic E-state index is 11.9.